The molecule has 0 aliphatic rings. The molecule has 116 valence electrons. The van der Waals surface area contributed by atoms with E-state index >= 15 is 0 Å². The Hall–Kier alpha value is -2.28. The van der Waals surface area contributed by atoms with Crippen LogP contribution < -0.4 is 5.32 Å². The molecule has 0 radical (unpaired) electrons. The molecule has 0 aliphatic carbocycles. The normalized spacial score (nSPS) is 11.0. The first-order chi connectivity index (χ1) is 11.0. The van der Waals surface area contributed by atoms with E-state index in [0.717, 1.165) is 12.0 Å². The van der Waals surface area contributed by atoms with Crippen molar-refractivity contribution >= 4 is 40.9 Å². The number of carbonyl (C=O) groups excluding carboxylic acids is 1. The van der Waals surface area contributed by atoms with E-state index in [9.17, 15) is 10.1 Å². The lowest BCUT2D eigenvalue weighted by molar-refractivity contribution is -0.112. The smallest absolute Gasteiger partial charge is 0.266 e. The van der Waals surface area contributed by atoms with Gasteiger partial charge in [-0.2, -0.15) is 5.26 Å². The number of hydrogen-bond acceptors (Lipinski definition) is 2. The van der Waals surface area contributed by atoms with Gasteiger partial charge in [-0.1, -0.05) is 60.5 Å². The van der Waals surface area contributed by atoms with Crippen LogP contribution in [0, 0.1) is 11.3 Å². The van der Waals surface area contributed by atoms with E-state index in [0.29, 0.717) is 10.7 Å². The zero-order valence-corrected chi connectivity index (χ0v) is 13.9. The molecule has 2 rings (SSSR count). The fourth-order valence-corrected chi connectivity index (χ4v) is 2.30. The van der Waals surface area contributed by atoms with Gasteiger partial charge in [0.1, 0.15) is 11.6 Å². The van der Waals surface area contributed by atoms with E-state index in [1.165, 1.54) is 11.6 Å². The van der Waals surface area contributed by atoms with E-state index in [1.807, 2.05) is 30.3 Å². The summed E-state index contributed by atoms with van der Waals surface area (Å²) in [5, 5.41) is 12.4. The van der Waals surface area contributed by atoms with Gasteiger partial charge in [0, 0.05) is 0 Å². The summed E-state index contributed by atoms with van der Waals surface area (Å²) in [6.45, 7) is 2.06. The average molecular weight is 345 g/mol. The molecule has 1 amide bonds. The molecule has 0 spiro atoms. The highest BCUT2D eigenvalue weighted by Gasteiger charge is 2.12. The monoisotopic (exact) mass is 344 g/mol. The number of amides is 1. The number of carbonyl (C=O) groups is 1. The number of benzene rings is 2. The van der Waals surface area contributed by atoms with Gasteiger partial charge in [-0.25, -0.2) is 0 Å². The molecule has 0 saturated carbocycles. The SMILES string of the molecule is CCc1ccc(/C=C(/C#N)C(=O)Nc2cccc(Cl)c2Cl)cc1. The first-order valence-corrected chi connectivity index (χ1v) is 7.77. The summed E-state index contributed by atoms with van der Waals surface area (Å²) < 4.78 is 0. The first-order valence-electron chi connectivity index (χ1n) is 7.01. The topological polar surface area (TPSA) is 52.9 Å². The second-order valence-electron chi connectivity index (χ2n) is 4.82. The van der Waals surface area contributed by atoms with Gasteiger partial charge in [-0.15, -0.1) is 0 Å². The highest BCUT2D eigenvalue weighted by molar-refractivity contribution is 6.44. The molecule has 0 unspecified atom stereocenters. The number of nitrogens with one attached hydrogen (secondary N) is 1. The van der Waals surface area contributed by atoms with Gasteiger partial charge < -0.3 is 5.32 Å². The molecule has 23 heavy (non-hydrogen) atoms. The van der Waals surface area contributed by atoms with Crippen LogP contribution in [0.25, 0.3) is 6.08 Å². The maximum atomic E-state index is 12.2. The van der Waals surface area contributed by atoms with Crippen LogP contribution in [0.2, 0.25) is 10.0 Å². The van der Waals surface area contributed by atoms with Gasteiger partial charge in [-0.05, 0) is 35.8 Å². The van der Waals surface area contributed by atoms with Gasteiger partial charge >= 0.3 is 0 Å². The number of hydrogen-bond donors (Lipinski definition) is 1. The third-order valence-corrected chi connectivity index (χ3v) is 4.08. The van der Waals surface area contributed by atoms with Crippen molar-refractivity contribution in [2.75, 3.05) is 5.32 Å². The third-order valence-electron chi connectivity index (χ3n) is 3.26. The largest absolute Gasteiger partial charge is 0.320 e. The van der Waals surface area contributed by atoms with Crippen molar-refractivity contribution in [1.29, 1.82) is 5.26 Å². The van der Waals surface area contributed by atoms with Crippen LogP contribution in [0.1, 0.15) is 18.1 Å². The third kappa shape index (κ3) is 4.35. The molecule has 5 heteroatoms. The minimum atomic E-state index is -0.531. The number of rotatable bonds is 4. The number of aryl methyl sites for hydroxylation is 1. The molecule has 0 heterocycles. The number of anilines is 1. The summed E-state index contributed by atoms with van der Waals surface area (Å²) in [5.74, 6) is -0.531. The minimum absolute atomic E-state index is 0.00899. The highest BCUT2D eigenvalue weighted by Crippen LogP contribution is 2.29. The molecule has 1 N–H and O–H groups in total. The van der Waals surface area contributed by atoms with Crippen LogP contribution >= 0.6 is 23.2 Å². The Kier molecular flexibility index (Phi) is 5.81. The van der Waals surface area contributed by atoms with Crippen LogP contribution in [-0.4, -0.2) is 5.91 Å². The molecular weight excluding hydrogens is 331 g/mol. The number of halogens is 2. The van der Waals surface area contributed by atoms with E-state index in [4.69, 9.17) is 23.2 Å². The summed E-state index contributed by atoms with van der Waals surface area (Å²) in [5.41, 5.74) is 2.33. The lowest BCUT2D eigenvalue weighted by Gasteiger charge is -2.07. The quantitative estimate of drug-likeness (QED) is 0.619. The highest BCUT2D eigenvalue weighted by atomic mass is 35.5. The average Bonchev–Trinajstić information content (AvgIpc) is 2.57. The maximum absolute atomic E-state index is 12.2. The van der Waals surface area contributed by atoms with Crippen molar-refractivity contribution in [3.8, 4) is 6.07 Å². The molecule has 2 aromatic carbocycles. The molecule has 0 aromatic heterocycles. The van der Waals surface area contributed by atoms with E-state index < -0.39 is 5.91 Å². The van der Waals surface area contributed by atoms with Crippen molar-refractivity contribution < 1.29 is 4.79 Å². The van der Waals surface area contributed by atoms with Crippen molar-refractivity contribution in [3.05, 3.63) is 69.2 Å². The Labute approximate surface area is 145 Å². The van der Waals surface area contributed by atoms with Crippen LogP contribution in [-0.2, 0) is 11.2 Å². The minimum Gasteiger partial charge on any atom is -0.320 e. The Morgan fingerprint density at radius 2 is 1.91 bits per heavy atom. The van der Waals surface area contributed by atoms with E-state index in [2.05, 4.69) is 12.2 Å². The number of nitrogens with zero attached hydrogens (tertiary/aromatic N) is 1. The van der Waals surface area contributed by atoms with Crippen molar-refractivity contribution in [1.82, 2.24) is 0 Å². The summed E-state index contributed by atoms with van der Waals surface area (Å²) in [7, 11) is 0. The molecule has 0 aliphatic heterocycles. The molecule has 0 saturated heterocycles. The Bertz CT molecular complexity index is 790. The van der Waals surface area contributed by atoms with E-state index in [-0.39, 0.29) is 10.6 Å². The fourth-order valence-electron chi connectivity index (χ4n) is 1.95. The Morgan fingerprint density at radius 1 is 1.22 bits per heavy atom. The maximum Gasteiger partial charge on any atom is 0.266 e. The van der Waals surface area contributed by atoms with Crippen molar-refractivity contribution in [2.24, 2.45) is 0 Å². The van der Waals surface area contributed by atoms with Crippen LogP contribution in [0.4, 0.5) is 5.69 Å². The Morgan fingerprint density at radius 3 is 2.52 bits per heavy atom. The van der Waals surface area contributed by atoms with Gasteiger partial charge in [-0.3, -0.25) is 4.79 Å². The molecular formula is C18H14Cl2N2O. The standard InChI is InChI=1S/C18H14Cl2N2O/c1-2-12-6-8-13(9-7-12)10-14(11-21)18(23)22-16-5-3-4-15(19)17(16)20/h3-10H,2H2,1H3,(H,22,23)/b14-10-. The van der Waals surface area contributed by atoms with Crippen LogP contribution in [0.3, 0.4) is 0 Å². The summed E-state index contributed by atoms with van der Waals surface area (Å²) >= 11 is 11.9. The zero-order chi connectivity index (χ0) is 16.8. The lowest BCUT2D eigenvalue weighted by Crippen LogP contribution is -2.13. The molecule has 0 atom stereocenters. The van der Waals surface area contributed by atoms with Gasteiger partial charge in [0.2, 0.25) is 0 Å². The number of nitriles is 1. The second kappa shape index (κ2) is 7.82. The fraction of sp³-hybridized carbons (Fsp3) is 0.111. The van der Waals surface area contributed by atoms with Gasteiger partial charge in [0.25, 0.3) is 5.91 Å². The zero-order valence-electron chi connectivity index (χ0n) is 12.4. The Balaban J connectivity index is 2.22. The van der Waals surface area contributed by atoms with Gasteiger partial charge in [0.05, 0.1) is 15.7 Å². The predicted octanol–water partition coefficient (Wildman–Crippen LogP) is 5.10. The molecule has 2 aromatic rings. The van der Waals surface area contributed by atoms with E-state index in [1.54, 1.807) is 18.2 Å². The van der Waals surface area contributed by atoms with Gasteiger partial charge in [0.15, 0.2) is 0 Å². The summed E-state index contributed by atoms with van der Waals surface area (Å²) in [6, 6.07) is 14.5. The molecule has 0 bridgehead atoms. The van der Waals surface area contributed by atoms with Crippen molar-refractivity contribution in [2.45, 2.75) is 13.3 Å². The summed E-state index contributed by atoms with van der Waals surface area (Å²) in [4.78, 5) is 12.2. The second-order valence-corrected chi connectivity index (χ2v) is 5.61. The lowest BCUT2D eigenvalue weighted by atomic mass is 10.1. The van der Waals surface area contributed by atoms with Crippen LogP contribution in [0.5, 0.6) is 0 Å². The van der Waals surface area contributed by atoms with Crippen molar-refractivity contribution in [3.63, 3.8) is 0 Å². The first kappa shape index (κ1) is 17.1. The van der Waals surface area contributed by atoms with Crippen LogP contribution in [0.15, 0.2) is 48.0 Å². The molecule has 0 fully saturated rings. The summed E-state index contributed by atoms with van der Waals surface area (Å²) in [6.07, 6.45) is 2.47. The molecule has 3 nitrogen and oxygen atoms in total. The predicted molar refractivity (Wildman–Crippen MR) is 94.5 cm³/mol.